The summed E-state index contributed by atoms with van der Waals surface area (Å²) in [6, 6.07) is 7.23. The first-order valence-corrected chi connectivity index (χ1v) is 15.8. The van der Waals surface area contributed by atoms with Gasteiger partial charge in [-0.1, -0.05) is 25.5 Å². The molecule has 2 aromatic heterocycles. The number of ether oxygens (including phenoxy) is 2. The summed E-state index contributed by atoms with van der Waals surface area (Å²) >= 11 is 0. The largest absolute Gasteiger partial charge is 0.463 e. The first-order valence-electron chi connectivity index (χ1n) is 13.9. The molecule has 3 N–H and O–H groups in total. The fraction of sp³-hybridized carbons (Fsp3) is 0.593. The Morgan fingerprint density at radius 1 is 1.07 bits per heavy atom. The van der Waals surface area contributed by atoms with Crippen LogP contribution in [0.15, 0.2) is 34.0 Å². The van der Waals surface area contributed by atoms with Crippen molar-refractivity contribution in [2.45, 2.75) is 50.6 Å². The zero-order valence-corrected chi connectivity index (χ0v) is 24.3. The number of benzene rings is 1. The van der Waals surface area contributed by atoms with Gasteiger partial charge in [-0.15, -0.1) is 0 Å². The lowest BCUT2D eigenvalue weighted by Crippen LogP contribution is -2.38. The van der Waals surface area contributed by atoms with Gasteiger partial charge >= 0.3 is 11.7 Å². The summed E-state index contributed by atoms with van der Waals surface area (Å²) in [4.78, 5) is 29.3. The standard InChI is InChI=1S/C27H41N7O5S/c1-3-4-17-39-26-30-24(28)23-25(31-26)34(27(35)29-23)14-6-13-33(12-5-11-32-15-18-38-19-16-32)20-21-7-9-22(10-8-21)40(2,36)37/h7-10H,3-6,11-20H2,1-2H3,(H,29,35)(H2,28,30,31). The van der Waals surface area contributed by atoms with Gasteiger partial charge in [-0.05, 0) is 50.0 Å². The topological polar surface area (TPSA) is 149 Å². The quantitative estimate of drug-likeness (QED) is 0.257. The molecule has 0 aliphatic carbocycles. The summed E-state index contributed by atoms with van der Waals surface area (Å²) in [6.07, 6.45) is 4.78. The second-order valence-corrected chi connectivity index (χ2v) is 12.2. The Balaban J connectivity index is 1.43. The molecule has 4 rings (SSSR count). The molecule has 1 aliphatic heterocycles. The number of morpholine rings is 1. The number of aromatic amines is 1. The normalized spacial score (nSPS) is 14.8. The molecule has 0 saturated carbocycles. The molecule has 0 atom stereocenters. The number of unbranched alkanes of at least 4 members (excludes halogenated alkanes) is 1. The average Bonchev–Trinajstić information content (AvgIpc) is 3.24. The molecule has 3 aromatic rings. The highest BCUT2D eigenvalue weighted by Gasteiger charge is 2.16. The maximum absolute atomic E-state index is 12.8. The molecule has 3 heterocycles. The number of nitrogens with zero attached hydrogens (tertiary/aromatic N) is 5. The number of aryl methyl sites for hydroxylation is 1. The van der Waals surface area contributed by atoms with Crippen LogP contribution in [0.4, 0.5) is 5.82 Å². The molecule has 12 nitrogen and oxygen atoms in total. The van der Waals surface area contributed by atoms with Gasteiger partial charge in [0, 0.05) is 39.0 Å². The van der Waals surface area contributed by atoms with E-state index >= 15 is 0 Å². The number of aromatic nitrogens is 4. The van der Waals surface area contributed by atoms with Crippen LogP contribution in [0.1, 0.15) is 38.2 Å². The third kappa shape index (κ3) is 8.26. The smallest absolute Gasteiger partial charge is 0.327 e. The molecule has 13 heteroatoms. The van der Waals surface area contributed by atoms with Crippen LogP contribution in [0.25, 0.3) is 11.2 Å². The first kappa shape index (κ1) is 30.0. The van der Waals surface area contributed by atoms with E-state index in [1.807, 2.05) is 12.1 Å². The highest BCUT2D eigenvalue weighted by molar-refractivity contribution is 7.90. The zero-order chi connectivity index (χ0) is 28.5. The molecule has 0 amide bonds. The Morgan fingerprint density at radius 2 is 1.77 bits per heavy atom. The SMILES string of the molecule is CCCCOc1nc(N)c2[nH]c(=O)n(CCCN(CCCN3CCOCC3)Cc3ccc(S(C)(=O)=O)cc3)c2n1. The molecule has 0 spiro atoms. The zero-order valence-electron chi connectivity index (χ0n) is 23.5. The van der Waals surface area contributed by atoms with Gasteiger partial charge in [0.05, 0.1) is 24.7 Å². The van der Waals surface area contributed by atoms with Gasteiger partial charge in [0.2, 0.25) is 0 Å². The summed E-state index contributed by atoms with van der Waals surface area (Å²) in [7, 11) is -3.24. The van der Waals surface area contributed by atoms with E-state index in [0.29, 0.717) is 42.2 Å². The lowest BCUT2D eigenvalue weighted by atomic mass is 10.2. The van der Waals surface area contributed by atoms with Crippen LogP contribution in [-0.4, -0.2) is 96.5 Å². The highest BCUT2D eigenvalue weighted by atomic mass is 32.2. The monoisotopic (exact) mass is 575 g/mol. The summed E-state index contributed by atoms with van der Waals surface area (Å²) in [5.41, 5.74) is 7.71. The summed E-state index contributed by atoms with van der Waals surface area (Å²) in [5, 5.41) is 0. The van der Waals surface area contributed by atoms with Crippen LogP contribution < -0.4 is 16.2 Å². The highest BCUT2D eigenvalue weighted by Crippen LogP contribution is 2.18. The van der Waals surface area contributed by atoms with Crippen LogP contribution in [0.3, 0.4) is 0 Å². The number of rotatable bonds is 15. The number of hydrogen-bond donors (Lipinski definition) is 2. The molecule has 0 radical (unpaired) electrons. The number of nitrogen functional groups attached to an aromatic ring is 1. The molecule has 220 valence electrons. The Morgan fingerprint density at radius 3 is 2.45 bits per heavy atom. The van der Waals surface area contributed by atoms with Crippen molar-refractivity contribution in [3.63, 3.8) is 0 Å². The van der Waals surface area contributed by atoms with Crippen molar-refractivity contribution in [1.82, 2.24) is 29.3 Å². The number of nitrogens with two attached hydrogens (primary N) is 1. The second-order valence-electron chi connectivity index (χ2n) is 10.2. The Bertz CT molecular complexity index is 1400. The number of imidazole rings is 1. The maximum Gasteiger partial charge on any atom is 0.327 e. The van der Waals surface area contributed by atoms with Crippen LogP contribution >= 0.6 is 0 Å². The van der Waals surface area contributed by atoms with E-state index in [0.717, 1.165) is 70.8 Å². The number of H-pyrrole nitrogens is 1. The average molecular weight is 576 g/mol. The maximum atomic E-state index is 12.8. The number of nitrogens with one attached hydrogen (secondary N) is 1. The lowest BCUT2D eigenvalue weighted by molar-refractivity contribution is 0.0359. The van der Waals surface area contributed by atoms with Gasteiger partial charge in [0.1, 0.15) is 5.52 Å². The second kappa shape index (κ2) is 14.1. The lowest BCUT2D eigenvalue weighted by Gasteiger charge is -2.28. The van der Waals surface area contributed by atoms with E-state index in [4.69, 9.17) is 15.2 Å². The summed E-state index contributed by atoms with van der Waals surface area (Å²) in [5.74, 6) is 0.189. The number of fused-ring (bicyclic) bond motifs is 1. The minimum Gasteiger partial charge on any atom is -0.463 e. The fourth-order valence-electron chi connectivity index (χ4n) is 4.78. The number of hydrogen-bond acceptors (Lipinski definition) is 10. The van der Waals surface area contributed by atoms with E-state index in [2.05, 4.69) is 31.7 Å². The van der Waals surface area contributed by atoms with Gasteiger partial charge in [0.15, 0.2) is 21.3 Å². The van der Waals surface area contributed by atoms with E-state index in [1.54, 1.807) is 16.7 Å². The molecular weight excluding hydrogens is 534 g/mol. The molecule has 1 aromatic carbocycles. The summed E-state index contributed by atoms with van der Waals surface area (Å²) in [6.45, 7) is 9.75. The van der Waals surface area contributed by atoms with Crippen molar-refractivity contribution in [3.05, 3.63) is 40.3 Å². The summed E-state index contributed by atoms with van der Waals surface area (Å²) < 4.78 is 36.4. The number of sulfone groups is 1. The predicted octanol–water partition coefficient (Wildman–Crippen LogP) is 1.90. The predicted molar refractivity (Wildman–Crippen MR) is 154 cm³/mol. The van der Waals surface area contributed by atoms with Gasteiger partial charge in [-0.25, -0.2) is 13.2 Å². The third-order valence-corrected chi connectivity index (χ3v) is 8.15. The van der Waals surface area contributed by atoms with Crippen molar-refractivity contribution >= 4 is 26.8 Å². The van der Waals surface area contributed by atoms with Gasteiger partial charge in [-0.2, -0.15) is 9.97 Å². The van der Waals surface area contributed by atoms with Crippen molar-refractivity contribution in [2.24, 2.45) is 0 Å². The molecule has 40 heavy (non-hydrogen) atoms. The van der Waals surface area contributed by atoms with E-state index in [1.165, 1.54) is 6.26 Å². The third-order valence-electron chi connectivity index (χ3n) is 7.03. The minimum absolute atomic E-state index is 0.175. The van der Waals surface area contributed by atoms with Crippen molar-refractivity contribution in [3.8, 4) is 6.01 Å². The van der Waals surface area contributed by atoms with Gasteiger partial charge < -0.3 is 20.2 Å². The van der Waals surface area contributed by atoms with Crippen molar-refractivity contribution < 1.29 is 17.9 Å². The Kier molecular flexibility index (Phi) is 10.5. The Labute approximate surface area is 235 Å². The van der Waals surface area contributed by atoms with Crippen LogP contribution in [0, 0.1) is 0 Å². The minimum atomic E-state index is -3.24. The van der Waals surface area contributed by atoms with E-state index in [9.17, 15) is 13.2 Å². The van der Waals surface area contributed by atoms with Crippen LogP contribution in [0.5, 0.6) is 6.01 Å². The molecule has 0 unspecified atom stereocenters. The first-order chi connectivity index (χ1) is 19.2. The fourth-order valence-corrected chi connectivity index (χ4v) is 5.41. The van der Waals surface area contributed by atoms with E-state index in [-0.39, 0.29) is 17.5 Å². The van der Waals surface area contributed by atoms with Crippen molar-refractivity contribution in [2.75, 3.05) is 64.5 Å². The van der Waals surface area contributed by atoms with Crippen molar-refractivity contribution in [1.29, 1.82) is 0 Å². The van der Waals surface area contributed by atoms with Gasteiger partial charge in [0.25, 0.3) is 0 Å². The Hall–Kier alpha value is -3.00. The molecule has 0 bridgehead atoms. The molecule has 1 saturated heterocycles. The van der Waals surface area contributed by atoms with Crippen LogP contribution in [0.2, 0.25) is 0 Å². The van der Waals surface area contributed by atoms with Crippen LogP contribution in [-0.2, 0) is 27.7 Å². The molecule has 1 aliphatic rings. The number of anilines is 1. The molecular formula is C27H41N7O5S. The van der Waals surface area contributed by atoms with Gasteiger partial charge in [-0.3, -0.25) is 14.4 Å². The molecule has 1 fully saturated rings. The van der Waals surface area contributed by atoms with E-state index < -0.39 is 9.84 Å².